The number of fused-ring (bicyclic) bond motifs is 1. The van der Waals surface area contributed by atoms with Gasteiger partial charge in [-0.2, -0.15) is 0 Å². The van der Waals surface area contributed by atoms with Crippen LogP contribution in [0.5, 0.6) is 0 Å². The Bertz CT molecular complexity index is 758. The molecule has 1 unspecified atom stereocenters. The summed E-state index contributed by atoms with van der Waals surface area (Å²) in [5, 5.41) is 3.60. The number of nitrogens with one attached hydrogen (secondary N) is 2. The predicted molar refractivity (Wildman–Crippen MR) is 96.3 cm³/mol. The van der Waals surface area contributed by atoms with E-state index in [1.165, 1.54) is 6.08 Å². The average molecular weight is 344 g/mol. The summed E-state index contributed by atoms with van der Waals surface area (Å²) in [6.07, 6.45) is 2.94. The third kappa shape index (κ3) is 5.38. The van der Waals surface area contributed by atoms with Crippen molar-refractivity contribution in [1.29, 1.82) is 0 Å². The maximum Gasteiger partial charge on any atom is 0.408 e. The molecule has 1 aromatic heterocycles. The van der Waals surface area contributed by atoms with Crippen LogP contribution in [0, 0.1) is 0 Å². The summed E-state index contributed by atoms with van der Waals surface area (Å²) in [5.41, 5.74) is 1.22. The molecule has 0 spiro atoms. The number of esters is 1. The number of carbonyl (C=O) groups is 2. The Morgan fingerprint density at radius 1 is 1.32 bits per heavy atom. The standard InChI is InChI=1S/C19H24N2O4/c1-5-10-24-17(22)16(21-18(23)25-19(2,3)4)11-13-12-20-15-9-7-6-8-14(13)15/h5-9,12,16,20H,1,10-11H2,2-4H3,(H,21,23). The maximum absolute atomic E-state index is 12.3. The van der Waals surface area contributed by atoms with Gasteiger partial charge in [0.25, 0.3) is 0 Å². The number of hydrogen-bond acceptors (Lipinski definition) is 4. The van der Waals surface area contributed by atoms with Gasteiger partial charge in [-0.25, -0.2) is 9.59 Å². The van der Waals surface area contributed by atoms with Gasteiger partial charge in [-0.15, -0.1) is 0 Å². The van der Waals surface area contributed by atoms with E-state index in [4.69, 9.17) is 9.47 Å². The lowest BCUT2D eigenvalue weighted by molar-refractivity contribution is -0.144. The smallest absolute Gasteiger partial charge is 0.408 e. The van der Waals surface area contributed by atoms with Crippen molar-refractivity contribution >= 4 is 23.0 Å². The van der Waals surface area contributed by atoms with E-state index in [0.717, 1.165) is 16.5 Å². The predicted octanol–water partition coefficient (Wildman–Crippen LogP) is 3.33. The highest BCUT2D eigenvalue weighted by atomic mass is 16.6. The normalized spacial score (nSPS) is 12.4. The van der Waals surface area contributed by atoms with E-state index in [1.54, 1.807) is 20.8 Å². The van der Waals surface area contributed by atoms with E-state index in [0.29, 0.717) is 6.42 Å². The molecule has 0 bridgehead atoms. The van der Waals surface area contributed by atoms with Crippen molar-refractivity contribution in [2.45, 2.75) is 38.8 Å². The van der Waals surface area contributed by atoms with Crippen LogP contribution < -0.4 is 5.32 Å². The summed E-state index contributed by atoms with van der Waals surface area (Å²) in [5.74, 6) is -0.531. The van der Waals surface area contributed by atoms with Gasteiger partial charge in [-0.3, -0.25) is 0 Å². The molecule has 6 nitrogen and oxygen atoms in total. The number of rotatable bonds is 6. The van der Waals surface area contributed by atoms with Crippen LogP contribution in [0.1, 0.15) is 26.3 Å². The summed E-state index contributed by atoms with van der Waals surface area (Å²) in [6, 6.07) is 6.91. The average Bonchev–Trinajstić information content (AvgIpc) is 2.93. The van der Waals surface area contributed by atoms with Crippen molar-refractivity contribution in [2.24, 2.45) is 0 Å². The van der Waals surface area contributed by atoms with Gasteiger partial charge in [-0.1, -0.05) is 30.9 Å². The molecule has 1 aromatic carbocycles. The fraction of sp³-hybridized carbons (Fsp3) is 0.368. The number of aromatic nitrogens is 1. The Balaban J connectivity index is 2.17. The zero-order chi connectivity index (χ0) is 18.4. The lowest BCUT2D eigenvalue weighted by Crippen LogP contribution is -2.45. The van der Waals surface area contributed by atoms with E-state index >= 15 is 0 Å². The largest absolute Gasteiger partial charge is 0.460 e. The minimum Gasteiger partial charge on any atom is -0.460 e. The zero-order valence-electron chi connectivity index (χ0n) is 14.8. The van der Waals surface area contributed by atoms with Gasteiger partial charge in [0.1, 0.15) is 18.2 Å². The van der Waals surface area contributed by atoms with Gasteiger partial charge in [0.05, 0.1) is 0 Å². The first-order valence-electron chi connectivity index (χ1n) is 8.12. The molecule has 6 heteroatoms. The van der Waals surface area contributed by atoms with Gasteiger partial charge in [0, 0.05) is 23.5 Å². The summed E-state index contributed by atoms with van der Waals surface area (Å²) >= 11 is 0. The first-order chi connectivity index (χ1) is 11.8. The van der Waals surface area contributed by atoms with E-state index in [9.17, 15) is 9.59 Å². The Hall–Kier alpha value is -2.76. The van der Waals surface area contributed by atoms with Crippen LogP contribution in [0.3, 0.4) is 0 Å². The van der Waals surface area contributed by atoms with E-state index in [2.05, 4.69) is 16.9 Å². The van der Waals surface area contributed by atoms with Crippen LogP contribution >= 0.6 is 0 Å². The molecular formula is C19H24N2O4. The van der Waals surface area contributed by atoms with Crippen molar-refractivity contribution in [3.63, 3.8) is 0 Å². The van der Waals surface area contributed by atoms with Crippen LogP contribution in [0.15, 0.2) is 43.1 Å². The molecule has 0 aliphatic carbocycles. The fourth-order valence-corrected chi connectivity index (χ4v) is 2.41. The van der Waals surface area contributed by atoms with E-state index in [-0.39, 0.29) is 6.61 Å². The Kier molecular flexibility index (Phi) is 5.85. The second kappa shape index (κ2) is 7.88. The van der Waals surface area contributed by atoms with Crippen LogP contribution in [-0.4, -0.2) is 35.3 Å². The highest BCUT2D eigenvalue weighted by molar-refractivity contribution is 5.86. The number of ether oxygens (including phenoxy) is 2. The molecule has 0 aliphatic heterocycles. The van der Waals surface area contributed by atoms with Gasteiger partial charge < -0.3 is 19.8 Å². The molecule has 1 atom stereocenters. The SMILES string of the molecule is C=CCOC(=O)C(Cc1c[nH]c2ccccc12)NC(=O)OC(C)(C)C. The number of amides is 1. The molecule has 0 saturated heterocycles. The second-order valence-electron chi connectivity index (χ2n) is 6.68. The third-order valence-electron chi connectivity index (χ3n) is 3.42. The van der Waals surface area contributed by atoms with Crippen molar-refractivity contribution in [2.75, 3.05) is 6.61 Å². The molecule has 0 radical (unpaired) electrons. The topological polar surface area (TPSA) is 80.4 Å². The molecule has 1 heterocycles. The number of alkyl carbamates (subject to hydrolysis) is 1. The molecule has 2 rings (SSSR count). The molecule has 2 aromatic rings. The third-order valence-corrected chi connectivity index (χ3v) is 3.42. The fourth-order valence-electron chi connectivity index (χ4n) is 2.41. The zero-order valence-corrected chi connectivity index (χ0v) is 14.8. The van der Waals surface area contributed by atoms with Crippen LogP contribution in [-0.2, 0) is 20.7 Å². The number of aromatic amines is 1. The van der Waals surface area contributed by atoms with Crippen LogP contribution in [0.2, 0.25) is 0 Å². The van der Waals surface area contributed by atoms with Gasteiger partial charge in [-0.05, 0) is 32.4 Å². The summed E-state index contributed by atoms with van der Waals surface area (Å²) in [7, 11) is 0. The van der Waals surface area contributed by atoms with Crippen LogP contribution in [0.4, 0.5) is 4.79 Å². The van der Waals surface area contributed by atoms with Crippen LogP contribution in [0.25, 0.3) is 10.9 Å². The van der Waals surface area contributed by atoms with E-state index in [1.807, 2.05) is 30.5 Å². The van der Waals surface area contributed by atoms with Crippen molar-refractivity contribution in [3.8, 4) is 0 Å². The molecule has 2 N–H and O–H groups in total. The summed E-state index contributed by atoms with van der Waals surface area (Å²) in [4.78, 5) is 27.5. The van der Waals surface area contributed by atoms with Crippen molar-refractivity contribution in [1.82, 2.24) is 10.3 Å². The highest BCUT2D eigenvalue weighted by Gasteiger charge is 2.26. The first kappa shape index (κ1) is 18.6. The van der Waals surface area contributed by atoms with E-state index < -0.39 is 23.7 Å². The number of carbonyl (C=O) groups excluding carboxylic acids is 2. The first-order valence-corrected chi connectivity index (χ1v) is 8.12. The molecule has 0 aliphatic rings. The number of para-hydroxylation sites is 1. The van der Waals surface area contributed by atoms with Gasteiger partial charge in [0.2, 0.25) is 0 Å². The summed E-state index contributed by atoms with van der Waals surface area (Å²) in [6.45, 7) is 8.89. The van der Waals surface area contributed by atoms with Crippen molar-refractivity contribution < 1.29 is 19.1 Å². The molecule has 134 valence electrons. The molecule has 25 heavy (non-hydrogen) atoms. The number of hydrogen-bond donors (Lipinski definition) is 2. The Labute approximate surface area is 147 Å². The minimum absolute atomic E-state index is 0.0826. The molecule has 0 saturated carbocycles. The Morgan fingerprint density at radius 3 is 2.72 bits per heavy atom. The number of H-pyrrole nitrogens is 1. The molecule has 0 fully saturated rings. The minimum atomic E-state index is -0.853. The molecular weight excluding hydrogens is 320 g/mol. The Morgan fingerprint density at radius 2 is 2.04 bits per heavy atom. The highest BCUT2D eigenvalue weighted by Crippen LogP contribution is 2.19. The number of benzene rings is 1. The quantitative estimate of drug-likeness (QED) is 0.622. The van der Waals surface area contributed by atoms with Crippen molar-refractivity contribution in [3.05, 3.63) is 48.7 Å². The van der Waals surface area contributed by atoms with Gasteiger partial charge in [0.15, 0.2) is 0 Å². The molecule has 1 amide bonds. The second-order valence-corrected chi connectivity index (χ2v) is 6.68. The lowest BCUT2D eigenvalue weighted by Gasteiger charge is -2.22. The monoisotopic (exact) mass is 344 g/mol. The van der Waals surface area contributed by atoms with Gasteiger partial charge >= 0.3 is 12.1 Å². The summed E-state index contributed by atoms with van der Waals surface area (Å²) < 4.78 is 10.4. The maximum atomic E-state index is 12.3. The lowest BCUT2D eigenvalue weighted by atomic mass is 10.1.